The number of para-hydroxylation sites is 1. The first kappa shape index (κ1) is 17.9. The lowest BCUT2D eigenvalue weighted by molar-refractivity contribution is -0.116. The number of carbonyl (C=O) groups is 1. The van der Waals surface area contributed by atoms with E-state index in [2.05, 4.69) is 20.6 Å². The Bertz CT molecular complexity index is 1140. The summed E-state index contributed by atoms with van der Waals surface area (Å²) in [5, 5.41) is 13.3. The van der Waals surface area contributed by atoms with Gasteiger partial charge in [0.05, 0.1) is 25.4 Å². The van der Waals surface area contributed by atoms with Crippen LogP contribution in [0.25, 0.3) is 22.3 Å². The smallest absolute Gasteiger partial charge is 0.247 e. The van der Waals surface area contributed by atoms with Gasteiger partial charge < -0.3 is 14.8 Å². The van der Waals surface area contributed by atoms with Crippen molar-refractivity contribution >= 4 is 33.4 Å². The third-order valence-electron chi connectivity index (χ3n) is 4.15. The van der Waals surface area contributed by atoms with Crippen molar-refractivity contribution in [2.45, 2.75) is 6.54 Å². The van der Waals surface area contributed by atoms with E-state index in [1.54, 1.807) is 25.0 Å². The Morgan fingerprint density at radius 2 is 2.04 bits per heavy atom. The predicted molar refractivity (Wildman–Crippen MR) is 107 cm³/mol. The van der Waals surface area contributed by atoms with Crippen molar-refractivity contribution in [1.29, 1.82) is 0 Å². The summed E-state index contributed by atoms with van der Waals surface area (Å²) >= 11 is 1.34. The van der Waals surface area contributed by atoms with Gasteiger partial charge >= 0.3 is 0 Å². The lowest BCUT2D eigenvalue weighted by atomic mass is 10.1. The minimum Gasteiger partial charge on any atom is -0.497 e. The Morgan fingerprint density at radius 1 is 1.18 bits per heavy atom. The van der Waals surface area contributed by atoms with E-state index in [0.29, 0.717) is 22.3 Å². The van der Waals surface area contributed by atoms with E-state index >= 15 is 0 Å². The van der Waals surface area contributed by atoms with Crippen LogP contribution in [0.15, 0.2) is 47.8 Å². The quantitative estimate of drug-likeness (QED) is 0.539. The van der Waals surface area contributed by atoms with Crippen molar-refractivity contribution in [1.82, 2.24) is 20.0 Å². The topological polar surface area (TPSA) is 91.2 Å². The number of aromatic nitrogens is 4. The highest BCUT2D eigenvalue weighted by Gasteiger charge is 2.14. The van der Waals surface area contributed by atoms with E-state index in [1.165, 1.54) is 11.3 Å². The molecule has 2 aromatic heterocycles. The van der Waals surface area contributed by atoms with Crippen LogP contribution in [0.4, 0.5) is 5.13 Å². The highest BCUT2D eigenvalue weighted by molar-refractivity contribution is 7.14. The monoisotopic (exact) mass is 395 g/mol. The molecule has 2 aromatic carbocycles. The molecule has 4 rings (SSSR count). The summed E-state index contributed by atoms with van der Waals surface area (Å²) in [4.78, 5) is 16.9. The number of methoxy groups -OCH3 is 2. The molecule has 142 valence electrons. The summed E-state index contributed by atoms with van der Waals surface area (Å²) in [6.45, 7) is 0.0568. The van der Waals surface area contributed by atoms with Crippen molar-refractivity contribution in [3.8, 4) is 22.8 Å². The molecule has 1 amide bonds. The Morgan fingerprint density at radius 3 is 2.86 bits per heavy atom. The minimum atomic E-state index is -0.224. The van der Waals surface area contributed by atoms with E-state index in [1.807, 2.05) is 41.8 Å². The number of nitrogens with one attached hydrogen (secondary N) is 1. The van der Waals surface area contributed by atoms with E-state index in [0.717, 1.165) is 16.6 Å². The summed E-state index contributed by atoms with van der Waals surface area (Å²) in [5.41, 5.74) is 3.09. The number of benzene rings is 2. The van der Waals surface area contributed by atoms with E-state index in [4.69, 9.17) is 9.47 Å². The van der Waals surface area contributed by atoms with Gasteiger partial charge in [-0.2, -0.15) is 0 Å². The van der Waals surface area contributed by atoms with E-state index in [9.17, 15) is 4.79 Å². The highest BCUT2D eigenvalue weighted by Crippen LogP contribution is 2.34. The fourth-order valence-corrected chi connectivity index (χ4v) is 3.52. The van der Waals surface area contributed by atoms with Gasteiger partial charge in [-0.05, 0) is 24.3 Å². The lowest BCUT2D eigenvalue weighted by Crippen LogP contribution is -2.19. The number of anilines is 1. The molecular weight excluding hydrogens is 378 g/mol. The second-order valence-electron chi connectivity index (χ2n) is 5.89. The van der Waals surface area contributed by atoms with Crippen LogP contribution in [-0.2, 0) is 11.3 Å². The molecule has 0 aliphatic rings. The zero-order valence-corrected chi connectivity index (χ0v) is 16.1. The number of fused-ring (bicyclic) bond motifs is 1. The largest absolute Gasteiger partial charge is 0.497 e. The van der Waals surface area contributed by atoms with Gasteiger partial charge in [-0.3, -0.25) is 4.79 Å². The first-order valence-electron chi connectivity index (χ1n) is 8.44. The zero-order valence-electron chi connectivity index (χ0n) is 15.2. The molecule has 28 heavy (non-hydrogen) atoms. The number of amides is 1. The van der Waals surface area contributed by atoms with Crippen molar-refractivity contribution < 1.29 is 14.3 Å². The average molecular weight is 395 g/mol. The van der Waals surface area contributed by atoms with Crippen LogP contribution in [0.2, 0.25) is 0 Å². The van der Waals surface area contributed by atoms with Gasteiger partial charge in [-0.15, -0.1) is 16.4 Å². The van der Waals surface area contributed by atoms with E-state index in [-0.39, 0.29) is 12.5 Å². The molecule has 0 aliphatic heterocycles. The number of nitrogens with zero attached hydrogens (tertiary/aromatic N) is 4. The summed E-state index contributed by atoms with van der Waals surface area (Å²) < 4.78 is 12.2. The Balaban J connectivity index is 1.50. The molecular formula is C19H17N5O3S. The van der Waals surface area contributed by atoms with Gasteiger partial charge in [0.2, 0.25) is 5.91 Å². The normalized spacial score (nSPS) is 10.8. The fourth-order valence-electron chi connectivity index (χ4n) is 2.79. The third kappa shape index (κ3) is 3.52. The maximum Gasteiger partial charge on any atom is 0.247 e. The molecule has 8 nitrogen and oxygen atoms in total. The summed E-state index contributed by atoms with van der Waals surface area (Å²) in [5.74, 6) is 1.12. The molecule has 0 fully saturated rings. The number of hydrogen-bond acceptors (Lipinski definition) is 7. The molecule has 0 unspecified atom stereocenters. The molecule has 2 heterocycles. The van der Waals surface area contributed by atoms with Gasteiger partial charge in [-0.1, -0.05) is 17.3 Å². The van der Waals surface area contributed by atoms with Crippen molar-refractivity contribution in [3.05, 3.63) is 47.8 Å². The van der Waals surface area contributed by atoms with Gasteiger partial charge in [0.1, 0.15) is 23.6 Å². The van der Waals surface area contributed by atoms with Crippen LogP contribution in [0.1, 0.15) is 0 Å². The number of rotatable bonds is 6. The van der Waals surface area contributed by atoms with E-state index < -0.39 is 0 Å². The Kier molecular flexibility index (Phi) is 4.90. The zero-order chi connectivity index (χ0) is 19.5. The second kappa shape index (κ2) is 7.65. The Hall–Kier alpha value is -3.46. The van der Waals surface area contributed by atoms with Crippen LogP contribution >= 0.6 is 11.3 Å². The minimum absolute atomic E-state index is 0.0568. The fraction of sp³-hybridized carbons (Fsp3) is 0.158. The number of thiazole rings is 1. The van der Waals surface area contributed by atoms with Crippen LogP contribution in [0.3, 0.4) is 0 Å². The molecule has 0 spiro atoms. The number of hydrogen-bond donors (Lipinski definition) is 1. The van der Waals surface area contributed by atoms with Gasteiger partial charge in [-0.25, -0.2) is 9.67 Å². The Labute approximate surface area is 164 Å². The van der Waals surface area contributed by atoms with Gasteiger partial charge in [0, 0.05) is 17.0 Å². The van der Waals surface area contributed by atoms with Gasteiger partial charge in [0.15, 0.2) is 5.13 Å². The highest BCUT2D eigenvalue weighted by atomic mass is 32.1. The van der Waals surface area contributed by atoms with Crippen molar-refractivity contribution in [2.24, 2.45) is 0 Å². The van der Waals surface area contributed by atoms with Crippen LogP contribution in [0.5, 0.6) is 11.5 Å². The molecule has 0 bridgehead atoms. The third-order valence-corrected chi connectivity index (χ3v) is 4.91. The molecule has 4 aromatic rings. The van der Waals surface area contributed by atoms with Crippen LogP contribution in [-0.4, -0.2) is 40.1 Å². The lowest BCUT2D eigenvalue weighted by Gasteiger charge is -2.08. The van der Waals surface area contributed by atoms with Crippen LogP contribution in [0, 0.1) is 0 Å². The maximum atomic E-state index is 12.4. The molecule has 0 atom stereocenters. The number of carbonyl (C=O) groups excluding carboxylic acids is 1. The summed E-state index contributed by atoms with van der Waals surface area (Å²) in [6, 6.07) is 13.0. The average Bonchev–Trinajstić information content (AvgIpc) is 3.35. The molecule has 0 saturated heterocycles. The molecule has 0 saturated carbocycles. The van der Waals surface area contributed by atoms with Gasteiger partial charge in [0.25, 0.3) is 0 Å². The predicted octanol–water partition coefficient (Wildman–Crippen LogP) is 3.21. The standard InChI is InChI=1S/C19H17N5O3S/c1-26-12-7-8-13(17(9-12)27-2)15-11-28-19(20-15)21-18(25)10-24-16-6-4-3-5-14(16)22-23-24/h3-9,11H,10H2,1-2H3,(H,20,21,25). The van der Waals surface area contributed by atoms with Crippen LogP contribution < -0.4 is 14.8 Å². The summed E-state index contributed by atoms with van der Waals surface area (Å²) in [7, 11) is 3.19. The molecule has 9 heteroatoms. The first-order chi connectivity index (χ1) is 13.7. The SMILES string of the molecule is COc1ccc(-c2csc(NC(=O)Cn3nnc4ccccc43)n2)c(OC)c1. The molecule has 0 aliphatic carbocycles. The molecule has 0 radical (unpaired) electrons. The van der Waals surface area contributed by atoms with Crippen molar-refractivity contribution in [2.75, 3.05) is 19.5 Å². The molecule has 1 N–H and O–H groups in total. The first-order valence-corrected chi connectivity index (χ1v) is 9.32. The summed E-state index contributed by atoms with van der Waals surface area (Å²) in [6.07, 6.45) is 0. The second-order valence-corrected chi connectivity index (χ2v) is 6.75. The van der Waals surface area contributed by atoms with Crippen molar-refractivity contribution in [3.63, 3.8) is 0 Å². The number of ether oxygens (including phenoxy) is 2. The maximum absolute atomic E-state index is 12.4.